The van der Waals surface area contributed by atoms with Gasteiger partial charge >= 0.3 is 0 Å². The van der Waals surface area contributed by atoms with E-state index < -0.39 is 15.8 Å². The molecule has 0 aromatic heterocycles. The molecule has 1 aliphatic rings. The number of oxime groups is 1. The Kier molecular flexibility index (Phi) is 4.33. The summed E-state index contributed by atoms with van der Waals surface area (Å²) in [5.41, 5.74) is 5.35. The topological polar surface area (TPSA) is 113 Å². The molecular weight excluding hydrogens is 246 g/mol. The molecule has 1 rings (SSSR count). The standard InChI is InChI=1S/C9H17N3O4S/c1-7(8(10)11-14)9(13)12-3-2-5-17(15,16)6-4-12/h7,14H,2-6H2,1H3,(H2,10,11). The molecule has 3 N–H and O–H groups in total. The number of nitrogens with two attached hydrogens (primary N) is 1. The number of amides is 1. The zero-order chi connectivity index (χ0) is 13.1. The molecule has 0 aliphatic carbocycles. The van der Waals surface area contributed by atoms with Gasteiger partial charge in [-0.2, -0.15) is 0 Å². The van der Waals surface area contributed by atoms with Crippen molar-refractivity contribution >= 4 is 21.6 Å². The van der Waals surface area contributed by atoms with E-state index in [1.165, 1.54) is 11.8 Å². The van der Waals surface area contributed by atoms with Gasteiger partial charge in [0, 0.05) is 13.1 Å². The molecule has 1 unspecified atom stereocenters. The Morgan fingerprint density at radius 3 is 2.65 bits per heavy atom. The average molecular weight is 263 g/mol. The van der Waals surface area contributed by atoms with Crippen LogP contribution in [0, 0.1) is 5.92 Å². The van der Waals surface area contributed by atoms with Crippen LogP contribution >= 0.6 is 0 Å². The third kappa shape index (κ3) is 3.58. The summed E-state index contributed by atoms with van der Waals surface area (Å²) in [5.74, 6) is -1.13. The number of rotatable bonds is 2. The van der Waals surface area contributed by atoms with Crippen molar-refractivity contribution in [3.05, 3.63) is 0 Å². The monoisotopic (exact) mass is 263 g/mol. The molecule has 1 fully saturated rings. The van der Waals surface area contributed by atoms with Gasteiger partial charge < -0.3 is 15.8 Å². The molecular formula is C9H17N3O4S. The fourth-order valence-corrected chi connectivity index (χ4v) is 2.92. The number of hydrogen-bond acceptors (Lipinski definition) is 5. The lowest BCUT2D eigenvalue weighted by Crippen LogP contribution is -2.42. The average Bonchev–Trinajstić information content (AvgIpc) is 2.47. The second-order valence-electron chi connectivity index (χ2n) is 4.08. The molecule has 17 heavy (non-hydrogen) atoms. The van der Waals surface area contributed by atoms with E-state index in [0.29, 0.717) is 13.0 Å². The van der Waals surface area contributed by atoms with Crippen LogP contribution in [0.4, 0.5) is 0 Å². The quantitative estimate of drug-likeness (QED) is 0.287. The van der Waals surface area contributed by atoms with Crippen LogP contribution in [-0.2, 0) is 14.6 Å². The summed E-state index contributed by atoms with van der Waals surface area (Å²) in [6, 6.07) is 0. The summed E-state index contributed by atoms with van der Waals surface area (Å²) in [6.07, 6.45) is 0.428. The van der Waals surface area contributed by atoms with E-state index in [1.54, 1.807) is 0 Å². The molecule has 0 aromatic rings. The zero-order valence-electron chi connectivity index (χ0n) is 9.66. The molecule has 0 radical (unpaired) electrons. The van der Waals surface area contributed by atoms with E-state index in [2.05, 4.69) is 5.16 Å². The smallest absolute Gasteiger partial charge is 0.233 e. The second kappa shape index (κ2) is 5.35. The highest BCUT2D eigenvalue weighted by Crippen LogP contribution is 2.09. The van der Waals surface area contributed by atoms with Crippen molar-refractivity contribution < 1.29 is 18.4 Å². The van der Waals surface area contributed by atoms with Gasteiger partial charge in [0.15, 0.2) is 15.7 Å². The largest absolute Gasteiger partial charge is 0.409 e. The molecule has 0 spiro atoms. The summed E-state index contributed by atoms with van der Waals surface area (Å²) < 4.78 is 22.7. The number of hydrogen-bond donors (Lipinski definition) is 2. The van der Waals surface area contributed by atoms with Gasteiger partial charge in [-0.15, -0.1) is 0 Å². The SMILES string of the molecule is CC(C(=O)N1CCCS(=O)(=O)CC1)C(N)=NO. The van der Waals surface area contributed by atoms with E-state index >= 15 is 0 Å². The number of carbonyl (C=O) groups excluding carboxylic acids is 1. The first-order valence-corrected chi connectivity index (χ1v) is 7.16. The molecule has 0 bridgehead atoms. The van der Waals surface area contributed by atoms with Crippen LogP contribution in [0.3, 0.4) is 0 Å². The van der Waals surface area contributed by atoms with Crippen molar-refractivity contribution in [3.63, 3.8) is 0 Å². The molecule has 1 saturated heterocycles. The Bertz CT molecular complexity index is 418. The van der Waals surface area contributed by atoms with Crippen molar-refractivity contribution in [1.29, 1.82) is 0 Å². The first-order chi connectivity index (χ1) is 7.87. The normalized spacial score (nSPS) is 22.9. The van der Waals surface area contributed by atoms with Gasteiger partial charge in [0.05, 0.1) is 17.4 Å². The Morgan fingerprint density at radius 2 is 2.06 bits per heavy atom. The van der Waals surface area contributed by atoms with Gasteiger partial charge in [0.1, 0.15) is 0 Å². The van der Waals surface area contributed by atoms with Gasteiger partial charge in [-0.3, -0.25) is 4.79 Å². The number of sulfone groups is 1. The summed E-state index contributed by atoms with van der Waals surface area (Å²) in [6.45, 7) is 2.09. The minimum Gasteiger partial charge on any atom is -0.409 e. The Hall–Kier alpha value is -1.31. The fraction of sp³-hybridized carbons (Fsp3) is 0.778. The first kappa shape index (κ1) is 13.8. The van der Waals surface area contributed by atoms with Crippen molar-refractivity contribution in [2.75, 3.05) is 24.6 Å². The lowest BCUT2D eigenvalue weighted by Gasteiger charge is -2.22. The number of amidine groups is 1. The predicted molar refractivity (Wildman–Crippen MR) is 62.4 cm³/mol. The van der Waals surface area contributed by atoms with Crippen molar-refractivity contribution in [2.45, 2.75) is 13.3 Å². The highest BCUT2D eigenvalue weighted by Gasteiger charge is 2.27. The van der Waals surface area contributed by atoms with Gasteiger partial charge in [-0.25, -0.2) is 8.42 Å². The maximum Gasteiger partial charge on any atom is 0.233 e. The molecule has 1 amide bonds. The van der Waals surface area contributed by atoms with Gasteiger partial charge in [-0.05, 0) is 13.3 Å². The number of carbonyl (C=O) groups is 1. The zero-order valence-corrected chi connectivity index (χ0v) is 10.5. The lowest BCUT2D eigenvalue weighted by molar-refractivity contribution is -0.132. The summed E-state index contributed by atoms with van der Waals surface area (Å²) in [7, 11) is -3.04. The van der Waals surface area contributed by atoms with Crippen molar-refractivity contribution in [2.24, 2.45) is 16.8 Å². The predicted octanol–water partition coefficient (Wildman–Crippen LogP) is -0.984. The van der Waals surface area contributed by atoms with Crippen LogP contribution in [0.25, 0.3) is 0 Å². The van der Waals surface area contributed by atoms with Gasteiger partial charge in [0.25, 0.3) is 0 Å². The van der Waals surface area contributed by atoms with Crippen LogP contribution < -0.4 is 5.73 Å². The molecule has 8 heteroatoms. The van der Waals surface area contributed by atoms with E-state index in [0.717, 1.165) is 0 Å². The Balaban J connectivity index is 2.71. The van der Waals surface area contributed by atoms with Crippen LogP contribution in [0.15, 0.2) is 5.16 Å². The Morgan fingerprint density at radius 1 is 1.41 bits per heavy atom. The summed E-state index contributed by atoms with van der Waals surface area (Å²) >= 11 is 0. The highest BCUT2D eigenvalue weighted by molar-refractivity contribution is 7.91. The van der Waals surface area contributed by atoms with E-state index in [1.807, 2.05) is 0 Å². The minimum atomic E-state index is -3.04. The van der Waals surface area contributed by atoms with Crippen LogP contribution in [0.5, 0.6) is 0 Å². The van der Waals surface area contributed by atoms with E-state index in [4.69, 9.17) is 10.9 Å². The highest BCUT2D eigenvalue weighted by atomic mass is 32.2. The maximum absolute atomic E-state index is 11.9. The molecule has 1 heterocycles. The van der Waals surface area contributed by atoms with Crippen LogP contribution in [0.2, 0.25) is 0 Å². The second-order valence-corrected chi connectivity index (χ2v) is 6.38. The van der Waals surface area contributed by atoms with Gasteiger partial charge in [-0.1, -0.05) is 5.16 Å². The van der Waals surface area contributed by atoms with E-state index in [9.17, 15) is 13.2 Å². The summed E-state index contributed by atoms with van der Waals surface area (Å²) in [5, 5.41) is 11.3. The molecule has 98 valence electrons. The molecule has 1 atom stereocenters. The molecule has 7 nitrogen and oxygen atoms in total. The van der Waals surface area contributed by atoms with Crippen molar-refractivity contribution in [1.82, 2.24) is 4.90 Å². The summed E-state index contributed by atoms with van der Waals surface area (Å²) in [4.78, 5) is 13.4. The third-order valence-electron chi connectivity index (χ3n) is 2.80. The van der Waals surface area contributed by atoms with Crippen LogP contribution in [-0.4, -0.2) is 54.9 Å². The molecule has 1 aliphatic heterocycles. The molecule has 0 aromatic carbocycles. The molecule has 0 saturated carbocycles. The third-order valence-corrected chi connectivity index (χ3v) is 4.51. The van der Waals surface area contributed by atoms with Crippen LogP contribution in [0.1, 0.15) is 13.3 Å². The van der Waals surface area contributed by atoms with Crippen molar-refractivity contribution in [3.8, 4) is 0 Å². The first-order valence-electron chi connectivity index (χ1n) is 5.34. The fourth-order valence-electron chi connectivity index (χ4n) is 1.65. The minimum absolute atomic E-state index is 0.0262. The lowest BCUT2D eigenvalue weighted by atomic mass is 10.1. The maximum atomic E-state index is 11.9. The number of nitrogens with zero attached hydrogens (tertiary/aromatic N) is 2. The van der Waals surface area contributed by atoms with E-state index in [-0.39, 0.29) is 29.8 Å². The Labute approximate surface area is 100 Å². The van der Waals surface area contributed by atoms with Gasteiger partial charge in [0.2, 0.25) is 5.91 Å².